The number of rotatable bonds is 8. The van der Waals surface area contributed by atoms with Crippen molar-refractivity contribution in [2.45, 2.75) is 60.0 Å². The fraction of sp³-hybridized carbons (Fsp3) is 0.684. The standard InChI is InChI=1S/C19H33NO2/c1-12(2)16-10-18(22-8)17(21-7)9-15(16)11-20-19(13(3)4)14(5)6/h9-10,12-14,19-20H,11H2,1-8H3. The van der Waals surface area contributed by atoms with E-state index in [4.69, 9.17) is 9.47 Å². The van der Waals surface area contributed by atoms with Crippen LogP contribution in [0.1, 0.15) is 58.6 Å². The first-order chi connectivity index (χ1) is 10.3. The van der Waals surface area contributed by atoms with Crippen LogP contribution in [0.3, 0.4) is 0 Å². The van der Waals surface area contributed by atoms with Gasteiger partial charge < -0.3 is 14.8 Å². The minimum atomic E-state index is 0.452. The van der Waals surface area contributed by atoms with Crippen LogP contribution in [0, 0.1) is 11.8 Å². The van der Waals surface area contributed by atoms with Gasteiger partial charge in [-0.2, -0.15) is 0 Å². The zero-order chi connectivity index (χ0) is 16.9. The van der Waals surface area contributed by atoms with Crippen molar-refractivity contribution in [2.24, 2.45) is 11.8 Å². The Hall–Kier alpha value is -1.22. The second kappa shape index (κ2) is 8.42. The molecule has 126 valence electrons. The first-order valence-corrected chi connectivity index (χ1v) is 8.29. The minimum Gasteiger partial charge on any atom is -0.493 e. The van der Waals surface area contributed by atoms with Gasteiger partial charge in [0.1, 0.15) is 0 Å². The Labute approximate surface area is 136 Å². The molecule has 0 bridgehead atoms. The molecule has 1 rings (SSSR count). The van der Waals surface area contributed by atoms with Crippen LogP contribution < -0.4 is 14.8 Å². The lowest BCUT2D eigenvalue weighted by Crippen LogP contribution is -2.38. The van der Waals surface area contributed by atoms with E-state index in [1.165, 1.54) is 11.1 Å². The lowest BCUT2D eigenvalue weighted by molar-refractivity contribution is 0.312. The maximum Gasteiger partial charge on any atom is 0.161 e. The van der Waals surface area contributed by atoms with Gasteiger partial charge in [-0.05, 0) is 41.0 Å². The maximum absolute atomic E-state index is 5.46. The summed E-state index contributed by atoms with van der Waals surface area (Å²) < 4.78 is 10.9. The summed E-state index contributed by atoms with van der Waals surface area (Å²) in [5.74, 6) is 3.28. The lowest BCUT2D eigenvalue weighted by atomic mass is 9.92. The molecular formula is C19H33NO2. The van der Waals surface area contributed by atoms with Crippen molar-refractivity contribution in [1.82, 2.24) is 5.32 Å². The Bertz CT molecular complexity index is 459. The highest BCUT2D eigenvalue weighted by atomic mass is 16.5. The molecule has 0 unspecified atom stereocenters. The van der Waals surface area contributed by atoms with E-state index in [-0.39, 0.29) is 0 Å². The van der Waals surface area contributed by atoms with Crippen LogP contribution in [-0.2, 0) is 6.54 Å². The average Bonchev–Trinajstić information content (AvgIpc) is 2.45. The average molecular weight is 307 g/mol. The number of ether oxygens (including phenoxy) is 2. The molecular weight excluding hydrogens is 274 g/mol. The van der Waals surface area contributed by atoms with Gasteiger partial charge in [0, 0.05) is 12.6 Å². The zero-order valence-electron chi connectivity index (χ0n) is 15.5. The van der Waals surface area contributed by atoms with Crippen molar-refractivity contribution in [3.63, 3.8) is 0 Å². The summed E-state index contributed by atoms with van der Waals surface area (Å²) in [6.45, 7) is 14.4. The Morgan fingerprint density at radius 2 is 1.36 bits per heavy atom. The molecule has 0 spiro atoms. The smallest absolute Gasteiger partial charge is 0.161 e. The molecule has 1 aromatic rings. The Morgan fingerprint density at radius 1 is 0.864 bits per heavy atom. The van der Waals surface area contributed by atoms with E-state index < -0.39 is 0 Å². The number of nitrogens with one attached hydrogen (secondary N) is 1. The highest BCUT2D eigenvalue weighted by Gasteiger charge is 2.19. The van der Waals surface area contributed by atoms with Crippen LogP contribution in [0.5, 0.6) is 11.5 Å². The summed E-state index contributed by atoms with van der Waals surface area (Å²) in [4.78, 5) is 0. The topological polar surface area (TPSA) is 30.5 Å². The van der Waals surface area contributed by atoms with Gasteiger partial charge in [-0.25, -0.2) is 0 Å². The molecule has 0 aliphatic carbocycles. The lowest BCUT2D eigenvalue weighted by Gasteiger charge is -2.27. The summed E-state index contributed by atoms with van der Waals surface area (Å²) in [5.41, 5.74) is 2.61. The number of methoxy groups -OCH3 is 2. The van der Waals surface area contributed by atoms with Gasteiger partial charge in [0.25, 0.3) is 0 Å². The number of hydrogen-bond acceptors (Lipinski definition) is 3. The molecule has 22 heavy (non-hydrogen) atoms. The summed E-state index contributed by atoms with van der Waals surface area (Å²) in [7, 11) is 3.38. The molecule has 0 aromatic heterocycles. The van der Waals surface area contributed by atoms with Crippen molar-refractivity contribution in [3.05, 3.63) is 23.3 Å². The van der Waals surface area contributed by atoms with E-state index in [0.29, 0.717) is 23.8 Å². The summed E-state index contributed by atoms with van der Waals surface area (Å²) >= 11 is 0. The van der Waals surface area contributed by atoms with Crippen LogP contribution in [0.25, 0.3) is 0 Å². The molecule has 1 N–H and O–H groups in total. The normalized spacial score (nSPS) is 11.8. The monoisotopic (exact) mass is 307 g/mol. The third kappa shape index (κ3) is 4.64. The first kappa shape index (κ1) is 18.8. The third-order valence-corrected chi connectivity index (χ3v) is 4.23. The van der Waals surface area contributed by atoms with Crippen LogP contribution in [0.4, 0.5) is 0 Å². The molecule has 0 heterocycles. The molecule has 0 radical (unpaired) electrons. The highest BCUT2D eigenvalue weighted by Crippen LogP contribution is 2.34. The van der Waals surface area contributed by atoms with Gasteiger partial charge in [0.05, 0.1) is 14.2 Å². The first-order valence-electron chi connectivity index (χ1n) is 8.29. The Morgan fingerprint density at radius 3 is 1.77 bits per heavy atom. The molecule has 0 saturated carbocycles. The highest BCUT2D eigenvalue weighted by molar-refractivity contribution is 5.48. The van der Waals surface area contributed by atoms with E-state index in [9.17, 15) is 0 Å². The quantitative estimate of drug-likeness (QED) is 0.761. The maximum atomic E-state index is 5.46. The third-order valence-electron chi connectivity index (χ3n) is 4.23. The molecule has 0 fully saturated rings. The fourth-order valence-corrected chi connectivity index (χ4v) is 3.10. The predicted octanol–water partition coefficient (Wildman–Crippen LogP) is 4.60. The Kier molecular flexibility index (Phi) is 7.21. The minimum absolute atomic E-state index is 0.452. The summed E-state index contributed by atoms with van der Waals surface area (Å²) in [6, 6.07) is 4.73. The number of hydrogen-bond donors (Lipinski definition) is 1. The molecule has 3 heteroatoms. The van der Waals surface area contributed by atoms with Gasteiger partial charge in [0.15, 0.2) is 11.5 Å². The summed E-state index contributed by atoms with van der Waals surface area (Å²) in [6.07, 6.45) is 0. The molecule has 0 atom stereocenters. The van der Waals surface area contributed by atoms with Gasteiger partial charge in [0.2, 0.25) is 0 Å². The van der Waals surface area contributed by atoms with E-state index in [1.807, 2.05) is 0 Å². The van der Waals surface area contributed by atoms with Crippen molar-refractivity contribution >= 4 is 0 Å². The zero-order valence-corrected chi connectivity index (χ0v) is 15.5. The second-order valence-corrected chi connectivity index (χ2v) is 6.96. The van der Waals surface area contributed by atoms with Crippen LogP contribution in [0.2, 0.25) is 0 Å². The number of benzene rings is 1. The van der Waals surface area contributed by atoms with Gasteiger partial charge >= 0.3 is 0 Å². The molecule has 0 aliphatic rings. The molecule has 0 aliphatic heterocycles. The largest absolute Gasteiger partial charge is 0.493 e. The van der Waals surface area contributed by atoms with E-state index in [0.717, 1.165) is 18.0 Å². The fourth-order valence-electron chi connectivity index (χ4n) is 3.10. The molecule has 3 nitrogen and oxygen atoms in total. The van der Waals surface area contributed by atoms with E-state index in [1.54, 1.807) is 14.2 Å². The van der Waals surface area contributed by atoms with Gasteiger partial charge in [-0.15, -0.1) is 0 Å². The SMILES string of the molecule is COc1cc(CNC(C(C)C)C(C)C)c(C(C)C)cc1OC. The second-order valence-electron chi connectivity index (χ2n) is 6.96. The van der Waals surface area contributed by atoms with Crippen molar-refractivity contribution in [3.8, 4) is 11.5 Å². The van der Waals surface area contributed by atoms with E-state index in [2.05, 4.69) is 59.0 Å². The van der Waals surface area contributed by atoms with Crippen LogP contribution in [0.15, 0.2) is 12.1 Å². The molecule has 0 saturated heterocycles. The van der Waals surface area contributed by atoms with Crippen LogP contribution in [-0.4, -0.2) is 20.3 Å². The summed E-state index contributed by atoms with van der Waals surface area (Å²) in [5, 5.41) is 3.72. The molecule has 1 aromatic carbocycles. The predicted molar refractivity (Wildman–Crippen MR) is 93.9 cm³/mol. The molecule has 0 amide bonds. The van der Waals surface area contributed by atoms with E-state index >= 15 is 0 Å². The van der Waals surface area contributed by atoms with Crippen molar-refractivity contribution in [1.29, 1.82) is 0 Å². The van der Waals surface area contributed by atoms with Gasteiger partial charge in [-0.3, -0.25) is 0 Å². The Balaban J connectivity index is 3.06. The van der Waals surface area contributed by atoms with Gasteiger partial charge in [-0.1, -0.05) is 41.5 Å². The van der Waals surface area contributed by atoms with Crippen LogP contribution >= 0.6 is 0 Å². The van der Waals surface area contributed by atoms with Crippen molar-refractivity contribution < 1.29 is 9.47 Å². The van der Waals surface area contributed by atoms with Crippen molar-refractivity contribution in [2.75, 3.05) is 14.2 Å².